The highest BCUT2D eigenvalue weighted by atomic mass is 79.9. The van der Waals surface area contributed by atoms with Crippen molar-refractivity contribution in [2.75, 3.05) is 18.0 Å². The highest BCUT2D eigenvalue weighted by Gasteiger charge is 2.49. The normalized spacial score (nSPS) is 19.5. The Morgan fingerprint density at radius 1 is 1.18 bits per heavy atom. The van der Waals surface area contributed by atoms with Crippen LogP contribution in [0, 0.1) is 19.3 Å². The maximum Gasteiger partial charge on any atom is 0.408 e. The van der Waals surface area contributed by atoms with Gasteiger partial charge in [-0.15, -0.1) is 0 Å². The molecule has 8 nitrogen and oxygen atoms in total. The molecule has 2 aliphatic rings. The number of rotatable bonds is 2. The van der Waals surface area contributed by atoms with Crippen molar-refractivity contribution < 1.29 is 9.53 Å². The summed E-state index contributed by atoms with van der Waals surface area (Å²) in [5.41, 5.74) is 4.45. The van der Waals surface area contributed by atoms with Gasteiger partial charge in [0.25, 0.3) is 0 Å². The predicted octanol–water partition coefficient (Wildman–Crippen LogP) is 4.91. The van der Waals surface area contributed by atoms with E-state index in [9.17, 15) is 4.79 Å². The number of piperidine rings is 1. The van der Waals surface area contributed by atoms with Crippen LogP contribution in [0.25, 0.3) is 5.52 Å². The highest BCUT2D eigenvalue weighted by molar-refractivity contribution is 9.10. The maximum atomic E-state index is 12.8. The largest absolute Gasteiger partial charge is 0.444 e. The Morgan fingerprint density at radius 2 is 1.91 bits per heavy atom. The lowest BCUT2D eigenvalue weighted by atomic mass is 9.73. The summed E-state index contributed by atoms with van der Waals surface area (Å²) in [5, 5.41) is 7.66. The molecule has 1 aliphatic carbocycles. The Labute approximate surface area is 208 Å². The Kier molecular flexibility index (Phi) is 5.58. The van der Waals surface area contributed by atoms with Crippen molar-refractivity contribution in [3.8, 4) is 0 Å². The van der Waals surface area contributed by atoms with E-state index in [0.29, 0.717) is 0 Å². The van der Waals surface area contributed by atoms with E-state index in [2.05, 4.69) is 37.3 Å². The van der Waals surface area contributed by atoms with E-state index in [1.807, 2.05) is 51.3 Å². The molecule has 1 N–H and O–H groups in total. The summed E-state index contributed by atoms with van der Waals surface area (Å²) >= 11 is 3.60. The quantitative estimate of drug-likeness (QED) is 0.510. The first-order valence-corrected chi connectivity index (χ1v) is 12.6. The van der Waals surface area contributed by atoms with Crippen molar-refractivity contribution in [1.29, 1.82) is 0 Å². The number of aromatic nitrogens is 4. The van der Waals surface area contributed by atoms with Gasteiger partial charge in [0.2, 0.25) is 0 Å². The molecular weight excluding hydrogens is 496 g/mol. The van der Waals surface area contributed by atoms with Gasteiger partial charge >= 0.3 is 6.09 Å². The number of alkyl carbamates (subject to hydrolysis) is 1. The van der Waals surface area contributed by atoms with Crippen LogP contribution in [0.15, 0.2) is 29.0 Å². The molecule has 3 aromatic heterocycles. The monoisotopic (exact) mass is 526 g/mol. The number of anilines is 1. The van der Waals surface area contributed by atoms with Crippen LogP contribution in [0.4, 0.5) is 10.6 Å². The number of fused-ring (bicyclic) bond motifs is 2. The number of carbonyl (C=O) groups is 1. The standard InChI is InChI=1S/C25H31BrN6O2/c1-15-6-7-17-18(28-15)14-25(20(17)30-23(33)34-24(3,4)5)9-12-31(13-10-25)22-19-8-11-27-32(19)21(26)16(2)29-22/h6-8,11,20H,9-10,12-14H2,1-5H3,(H,30,33)/t20-/m1/s1. The molecule has 0 bridgehead atoms. The predicted molar refractivity (Wildman–Crippen MR) is 134 cm³/mol. The molecule has 9 heteroatoms. The van der Waals surface area contributed by atoms with Gasteiger partial charge in [0.15, 0.2) is 5.82 Å². The first kappa shape index (κ1) is 23.1. The van der Waals surface area contributed by atoms with Crippen LogP contribution >= 0.6 is 15.9 Å². The van der Waals surface area contributed by atoms with E-state index < -0.39 is 5.60 Å². The fourth-order valence-corrected chi connectivity index (χ4v) is 5.73. The van der Waals surface area contributed by atoms with E-state index in [1.165, 1.54) is 0 Å². The highest BCUT2D eigenvalue weighted by Crippen LogP contribution is 2.52. The molecule has 0 saturated carbocycles. The van der Waals surface area contributed by atoms with E-state index in [4.69, 9.17) is 14.7 Å². The maximum absolute atomic E-state index is 12.8. The van der Waals surface area contributed by atoms with Gasteiger partial charge in [-0.3, -0.25) is 4.98 Å². The van der Waals surface area contributed by atoms with Gasteiger partial charge in [-0.05, 0) is 87.5 Å². The van der Waals surface area contributed by atoms with Crippen molar-refractivity contribution in [1.82, 2.24) is 24.9 Å². The van der Waals surface area contributed by atoms with E-state index >= 15 is 0 Å². The second-order valence-electron chi connectivity index (χ2n) is 10.5. The summed E-state index contributed by atoms with van der Waals surface area (Å²) < 4.78 is 8.39. The first-order chi connectivity index (χ1) is 16.1. The SMILES string of the molecule is Cc1ccc2c(n1)CC1(CCN(c3nc(C)c(Br)n4nccc34)CC1)[C@@H]2NC(=O)OC(C)(C)C. The number of aryl methyl sites for hydroxylation is 2. The lowest BCUT2D eigenvalue weighted by molar-refractivity contribution is 0.0428. The molecular formula is C25H31BrN6O2. The Bertz CT molecular complexity index is 1260. The Balaban J connectivity index is 1.43. The van der Waals surface area contributed by atoms with Crippen LogP contribution in [0.2, 0.25) is 0 Å². The molecule has 180 valence electrons. The summed E-state index contributed by atoms with van der Waals surface area (Å²) in [5.74, 6) is 0.953. The topological polar surface area (TPSA) is 84.7 Å². The summed E-state index contributed by atoms with van der Waals surface area (Å²) in [6.07, 6.45) is 4.12. The molecule has 5 rings (SSSR count). The molecule has 4 heterocycles. The average molecular weight is 527 g/mol. The van der Waals surface area contributed by atoms with Crippen LogP contribution in [0.5, 0.6) is 0 Å². The zero-order valence-corrected chi connectivity index (χ0v) is 21.9. The van der Waals surface area contributed by atoms with Crippen molar-refractivity contribution in [2.24, 2.45) is 5.41 Å². The Morgan fingerprint density at radius 3 is 2.62 bits per heavy atom. The van der Waals surface area contributed by atoms with E-state index in [0.717, 1.165) is 70.9 Å². The molecule has 0 aromatic carbocycles. The molecule has 1 aliphatic heterocycles. The van der Waals surface area contributed by atoms with Crippen molar-refractivity contribution >= 4 is 33.4 Å². The zero-order chi connectivity index (χ0) is 24.3. The molecule has 0 radical (unpaired) electrons. The summed E-state index contributed by atoms with van der Waals surface area (Å²) in [6.45, 7) is 11.4. The van der Waals surface area contributed by atoms with Crippen molar-refractivity contribution in [2.45, 2.75) is 65.5 Å². The first-order valence-electron chi connectivity index (χ1n) is 11.8. The Hall–Kier alpha value is -2.68. The molecule has 3 aromatic rings. The summed E-state index contributed by atoms with van der Waals surface area (Å²) in [7, 11) is 0. The minimum Gasteiger partial charge on any atom is -0.444 e. The number of nitrogens with one attached hydrogen (secondary N) is 1. The van der Waals surface area contributed by atoms with Crippen LogP contribution in [0.3, 0.4) is 0 Å². The molecule has 1 saturated heterocycles. The molecule has 1 spiro atoms. The summed E-state index contributed by atoms with van der Waals surface area (Å²) in [6, 6.07) is 6.03. The number of pyridine rings is 1. The lowest BCUT2D eigenvalue weighted by Crippen LogP contribution is -2.48. The van der Waals surface area contributed by atoms with Gasteiger partial charge in [-0.2, -0.15) is 5.10 Å². The van der Waals surface area contributed by atoms with E-state index in [1.54, 1.807) is 6.20 Å². The van der Waals surface area contributed by atoms with Crippen molar-refractivity contribution in [3.63, 3.8) is 0 Å². The zero-order valence-electron chi connectivity index (χ0n) is 20.4. The molecule has 34 heavy (non-hydrogen) atoms. The molecule has 1 amide bonds. The third-order valence-corrected chi connectivity index (χ3v) is 7.85. The fraction of sp³-hybridized carbons (Fsp3) is 0.520. The molecule has 1 atom stereocenters. The number of hydrogen-bond donors (Lipinski definition) is 1. The minimum absolute atomic E-state index is 0.0997. The third kappa shape index (κ3) is 4.04. The number of amides is 1. The lowest BCUT2D eigenvalue weighted by Gasteiger charge is -2.43. The second kappa shape index (κ2) is 8.22. The van der Waals surface area contributed by atoms with Gasteiger partial charge in [-0.25, -0.2) is 14.3 Å². The van der Waals surface area contributed by atoms with Gasteiger partial charge in [0.05, 0.1) is 17.9 Å². The summed E-state index contributed by atoms with van der Waals surface area (Å²) in [4.78, 5) is 24.9. The van der Waals surface area contributed by atoms with Crippen LogP contribution in [-0.2, 0) is 11.2 Å². The van der Waals surface area contributed by atoms with Crippen molar-refractivity contribution in [3.05, 3.63) is 51.6 Å². The van der Waals surface area contributed by atoms with E-state index in [-0.39, 0.29) is 17.6 Å². The van der Waals surface area contributed by atoms with Gasteiger partial charge in [-0.1, -0.05) is 6.07 Å². The van der Waals surface area contributed by atoms with Gasteiger partial charge in [0.1, 0.15) is 15.7 Å². The van der Waals surface area contributed by atoms with Crippen LogP contribution in [-0.4, -0.2) is 44.4 Å². The number of carbonyl (C=O) groups excluding carboxylic acids is 1. The fourth-order valence-electron chi connectivity index (χ4n) is 5.35. The molecule has 0 unspecified atom stereocenters. The molecule has 1 fully saturated rings. The van der Waals surface area contributed by atoms with Gasteiger partial charge < -0.3 is 15.0 Å². The number of ether oxygens (including phenoxy) is 1. The van der Waals surface area contributed by atoms with Crippen LogP contribution < -0.4 is 10.2 Å². The average Bonchev–Trinajstić information content (AvgIpc) is 3.34. The number of halogens is 1. The second-order valence-corrected chi connectivity index (χ2v) is 11.3. The smallest absolute Gasteiger partial charge is 0.408 e. The number of nitrogens with zero attached hydrogens (tertiary/aromatic N) is 5. The van der Waals surface area contributed by atoms with Gasteiger partial charge in [0, 0.05) is 29.9 Å². The minimum atomic E-state index is -0.546. The third-order valence-electron chi connectivity index (χ3n) is 6.94. The van der Waals surface area contributed by atoms with Crippen LogP contribution in [0.1, 0.15) is 62.3 Å². The number of hydrogen-bond acceptors (Lipinski definition) is 6.